The van der Waals surface area contributed by atoms with Crippen molar-refractivity contribution in [3.63, 3.8) is 0 Å². The Morgan fingerprint density at radius 3 is 2.39 bits per heavy atom. The minimum absolute atomic E-state index is 0.503. The van der Waals surface area contributed by atoms with Crippen molar-refractivity contribution in [3.05, 3.63) is 42.0 Å². The second kappa shape index (κ2) is 6.42. The Kier molecular flexibility index (Phi) is 4.75. The Bertz CT molecular complexity index is 615. The quantitative estimate of drug-likeness (QED) is 0.926. The SMILES string of the molecule is COc1ccc([C@@H](O)[C@@H]2C=CC(=O)N2C(=O)OC(C)(C)C)cc1. The van der Waals surface area contributed by atoms with E-state index in [9.17, 15) is 14.7 Å². The van der Waals surface area contributed by atoms with Crippen LogP contribution >= 0.6 is 0 Å². The van der Waals surface area contributed by atoms with Gasteiger partial charge >= 0.3 is 6.09 Å². The summed E-state index contributed by atoms with van der Waals surface area (Å²) in [6.07, 6.45) is 0.948. The summed E-state index contributed by atoms with van der Waals surface area (Å²) in [4.78, 5) is 25.1. The third kappa shape index (κ3) is 3.90. The summed E-state index contributed by atoms with van der Waals surface area (Å²) >= 11 is 0. The molecule has 2 amide bonds. The van der Waals surface area contributed by atoms with Gasteiger partial charge in [-0.3, -0.25) is 4.79 Å². The first-order valence-corrected chi connectivity index (χ1v) is 7.29. The van der Waals surface area contributed by atoms with Crippen LogP contribution in [0.3, 0.4) is 0 Å². The van der Waals surface area contributed by atoms with Crippen LogP contribution in [0.4, 0.5) is 4.79 Å². The molecule has 0 saturated carbocycles. The minimum atomic E-state index is -1.05. The Morgan fingerprint density at radius 2 is 1.87 bits per heavy atom. The molecule has 1 heterocycles. The molecule has 2 atom stereocenters. The predicted molar refractivity (Wildman–Crippen MR) is 84.0 cm³/mol. The van der Waals surface area contributed by atoms with Gasteiger partial charge in [-0.2, -0.15) is 0 Å². The highest BCUT2D eigenvalue weighted by Gasteiger charge is 2.39. The first kappa shape index (κ1) is 17.0. The van der Waals surface area contributed by atoms with E-state index in [1.807, 2.05) is 0 Å². The van der Waals surface area contributed by atoms with Crippen molar-refractivity contribution in [1.82, 2.24) is 4.90 Å². The largest absolute Gasteiger partial charge is 0.497 e. The first-order chi connectivity index (χ1) is 10.7. The lowest BCUT2D eigenvalue weighted by molar-refractivity contribution is -0.126. The maximum absolute atomic E-state index is 12.2. The number of methoxy groups -OCH3 is 1. The summed E-state index contributed by atoms with van der Waals surface area (Å²) in [6.45, 7) is 5.15. The Labute approximate surface area is 135 Å². The molecule has 1 aromatic rings. The zero-order valence-electron chi connectivity index (χ0n) is 13.6. The molecule has 23 heavy (non-hydrogen) atoms. The molecule has 6 nitrogen and oxygen atoms in total. The number of aliphatic hydroxyl groups is 1. The Balaban J connectivity index is 2.20. The van der Waals surface area contributed by atoms with Crippen molar-refractivity contribution >= 4 is 12.0 Å². The third-order valence-electron chi connectivity index (χ3n) is 3.34. The summed E-state index contributed by atoms with van der Waals surface area (Å²) in [6, 6.07) is 5.99. The molecular formula is C17H21NO5. The standard InChI is InChI=1S/C17H21NO5/c1-17(2,3)23-16(21)18-13(9-10-14(18)19)15(20)11-5-7-12(22-4)8-6-11/h5-10,13,15,20H,1-4H3/t13-,15+/m0/s1. The van der Waals surface area contributed by atoms with E-state index in [0.29, 0.717) is 11.3 Å². The smallest absolute Gasteiger partial charge is 0.417 e. The lowest BCUT2D eigenvalue weighted by Crippen LogP contribution is -2.45. The molecule has 0 bridgehead atoms. The average molecular weight is 319 g/mol. The number of benzene rings is 1. The molecule has 2 rings (SSSR count). The van der Waals surface area contributed by atoms with Crippen molar-refractivity contribution < 1.29 is 24.2 Å². The van der Waals surface area contributed by atoms with Crippen molar-refractivity contribution in [2.24, 2.45) is 0 Å². The fraction of sp³-hybridized carbons (Fsp3) is 0.412. The summed E-state index contributed by atoms with van der Waals surface area (Å²) in [5.41, 5.74) is -0.154. The highest BCUT2D eigenvalue weighted by Crippen LogP contribution is 2.28. The molecule has 0 spiro atoms. The van der Waals surface area contributed by atoms with E-state index >= 15 is 0 Å². The normalized spacial score (nSPS) is 18.9. The van der Waals surface area contributed by atoms with E-state index in [0.717, 1.165) is 4.90 Å². The number of hydrogen-bond acceptors (Lipinski definition) is 5. The van der Waals surface area contributed by atoms with Crippen LogP contribution in [0, 0.1) is 0 Å². The number of hydrogen-bond donors (Lipinski definition) is 1. The number of nitrogens with zero attached hydrogens (tertiary/aromatic N) is 1. The molecule has 0 saturated heterocycles. The number of aliphatic hydroxyl groups excluding tert-OH is 1. The maximum Gasteiger partial charge on any atom is 0.417 e. The number of amides is 2. The van der Waals surface area contributed by atoms with Crippen LogP contribution in [-0.2, 0) is 9.53 Å². The summed E-state index contributed by atoms with van der Waals surface area (Å²) in [5.74, 6) is 0.153. The molecule has 1 aliphatic rings. The Hall–Kier alpha value is -2.34. The number of ether oxygens (including phenoxy) is 2. The van der Waals surface area contributed by atoms with Crippen LogP contribution in [0.1, 0.15) is 32.4 Å². The zero-order valence-corrected chi connectivity index (χ0v) is 13.6. The van der Waals surface area contributed by atoms with Gasteiger partial charge < -0.3 is 14.6 Å². The van der Waals surface area contributed by atoms with Crippen molar-refractivity contribution in [2.75, 3.05) is 7.11 Å². The van der Waals surface area contributed by atoms with Crippen molar-refractivity contribution in [1.29, 1.82) is 0 Å². The molecule has 1 aliphatic heterocycles. The summed E-state index contributed by atoms with van der Waals surface area (Å²) in [5, 5.41) is 10.5. The van der Waals surface area contributed by atoms with Crippen LogP contribution in [0.25, 0.3) is 0 Å². The molecule has 124 valence electrons. The molecule has 1 aromatic carbocycles. The average Bonchev–Trinajstić information content (AvgIpc) is 2.86. The van der Waals surface area contributed by atoms with E-state index in [1.54, 1.807) is 52.1 Å². The fourth-order valence-corrected chi connectivity index (χ4v) is 2.26. The first-order valence-electron chi connectivity index (χ1n) is 7.29. The number of carbonyl (C=O) groups excluding carboxylic acids is 2. The van der Waals surface area contributed by atoms with Gasteiger partial charge in [0.05, 0.1) is 13.2 Å². The maximum atomic E-state index is 12.2. The van der Waals surface area contributed by atoms with Crippen molar-refractivity contribution in [3.8, 4) is 5.75 Å². The van der Waals surface area contributed by atoms with Crippen LogP contribution in [0.15, 0.2) is 36.4 Å². The second-order valence-electron chi connectivity index (χ2n) is 6.26. The highest BCUT2D eigenvalue weighted by atomic mass is 16.6. The van der Waals surface area contributed by atoms with Gasteiger partial charge in [0.2, 0.25) is 0 Å². The van der Waals surface area contributed by atoms with Crippen LogP contribution in [-0.4, -0.2) is 40.8 Å². The molecule has 0 aliphatic carbocycles. The van der Waals surface area contributed by atoms with Crippen LogP contribution < -0.4 is 4.74 Å². The van der Waals surface area contributed by atoms with Gasteiger partial charge in [-0.05, 0) is 38.5 Å². The van der Waals surface area contributed by atoms with E-state index in [4.69, 9.17) is 9.47 Å². The summed E-state index contributed by atoms with van der Waals surface area (Å²) < 4.78 is 10.3. The highest BCUT2D eigenvalue weighted by molar-refractivity contribution is 6.01. The lowest BCUT2D eigenvalue weighted by Gasteiger charge is -2.29. The molecule has 0 unspecified atom stereocenters. The number of imide groups is 1. The zero-order chi connectivity index (χ0) is 17.2. The molecule has 0 fully saturated rings. The predicted octanol–water partition coefficient (Wildman–Crippen LogP) is 2.43. The van der Waals surface area contributed by atoms with Gasteiger partial charge in [0.15, 0.2) is 0 Å². The van der Waals surface area contributed by atoms with Gasteiger partial charge in [0.25, 0.3) is 5.91 Å². The second-order valence-corrected chi connectivity index (χ2v) is 6.26. The van der Waals surface area contributed by atoms with Gasteiger partial charge in [0, 0.05) is 6.08 Å². The lowest BCUT2D eigenvalue weighted by atomic mass is 10.0. The number of rotatable bonds is 3. The van der Waals surface area contributed by atoms with E-state index in [-0.39, 0.29) is 0 Å². The van der Waals surface area contributed by atoms with Crippen LogP contribution in [0.2, 0.25) is 0 Å². The molecule has 1 N–H and O–H groups in total. The fourth-order valence-electron chi connectivity index (χ4n) is 2.26. The number of carbonyl (C=O) groups is 2. The van der Waals surface area contributed by atoms with Gasteiger partial charge in [-0.15, -0.1) is 0 Å². The Morgan fingerprint density at radius 1 is 1.26 bits per heavy atom. The van der Waals surface area contributed by atoms with Gasteiger partial charge in [-0.25, -0.2) is 9.69 Å². The molecule has 0 radical (unpaired) electrons. The minimum Gasteiger partial charge on any atom is -0.497 e. The molecular weight excluding hydrogens is 298 g/mol. The van der Waals surface area contributed by atoms with Gasteiger partial charge in [0.1, 0.15) is 17.5 Å². The van der Waals surface area contributed by atoms with Gasteiger partial charge in [-0.1, -0.05) is 18.2 Å². The van der Waals surface area contributed by atoms with E-state index in [1.165, 1.54) is 12.2 Å². The molecule has 0 aromatic heterocycles. The monoisotopic (exact) mass is 319 g/mol. The van der Waals surface area contributed by atoms with Crippen LogP contribution in [0.5, 0.6) is 5.75 Å². The van der Waals surface area contributed by atoms with E-state index < -0.39 is 29.7 Å². The molecule has 6 heteroatoms. The summed E-state index contributed by atoms with van der Waals surface area (Å²) in [7, 11) is 1.55. The van der Waals surface area contributed by atoms with Crippen molar-refractivity contribution in [2.45, 2.75) is 38.5 Å². The third-order valence-corrected chi connectivity index (χ3v) is 3.34. The topological polar surface area (TPSA) is 76.1 Å². The van der Waals surface area contributed by atoms with E-state index in [2.05, 4.69) is 0 Å².